The van der Waals surface area contributed by atoms with Gasteiger partial charge in [-0.05, 0) is 12.1 Å². The van der Waals surface area contributed by atoms with Gasteiger partial charge in [-0.15, -0.1) is 0 Å². The summed E-state index contributed by atoms with van der Waals surface area (Å²) in [7, 11) is -1.27. The summed E-state index contributed by atoms with van der Waals surface area (Å²) in [5.74, 6) is 0. The van der Waals surface area contributed by atoms with E-state index in [2.05, 4.69) is 73.3 Å². The van der Waals surface area contributed by atoms with Crippen LogP contribution in [0.4, 0.5) is 0 Å². The number of nitrogens with zero attached hydrogens (tertiary/aromatic N) is 1. The van der Waals surface area contributed by atoms with Gasteiger partial charge >= 0.3 is 0 Å². The van der Waals surface area contributed by atoms with Crippen molar-refractivity contribution in [2.45, 2.75) is 19.6 Å². The Morgan fingerprint density at radius 1 is 0.947 bits per heavy atom. The van der Waals surface area contributed by atoms with Gasteiger partial charge in [0.2, 0.25) is 0 Å². The van der Waals surface area contributed by atoms with E-state index < -0.39 is 8.07 Å². The first-order valence-electron chi connectivity index (χ1n) is 6.68. The Bertz CT molecular complexity index is 775. The van der Waals surface area contributed by atoms with Crippen LogP contribution in [0.5, 0.6) is 0 Å². The van der Waals surface area contributed by atoms with Crippen molar-refractivity contribution in [1.29, 1.82) is 0 Å². The van der Waals surface area contributed by atoms with E-state index in [1.165, 1.54) is 27.0 Å². The summed E-state index contributed by atoms with van der Waals surface area (Å²) in [4.78, 5) is 0. The van der Waals surface area contributed by atoms with E-state index in [0.29, 0.717) is 0 Å². The molecular formula is C17H19NSi. The molecule has 0 fully saturated rings. The summed E-state index contributed by atoms with van der Waals surface area (Å²) in [6.45, 7) is 11.1. The first-order valence-corrected chi connectivity index (χ1v) is 10.2. The maximum Gasteiger partial charge on any atom is 0.0776 e. The largest absolute Gasteiger partial charge is 0.317 e. The quantitative estimate of drug-likeness (QED) is 0.604. The molecule has 1 nitrogen and oxygen atoms in total. The van der Waals surface area contributed by atoms with Crippen LogP contribution in [-0.4, -0.2) is 12.6 Å². The third-order valence-electron chi connectivity index (χ3n) is 3.76. The molecule has 0 aliphatic heterocycles. The van der Waals surface area contributed by atoms with Gasteiger partial charge in [-0.1, -0.05) is 61.7 Å². The van der Waals surface area contributed by atoms with Crippen molar-refractivity contribution in [2.75, 3.05) is 0 Å². The van der Waals surface area contributed by atoms with E-state index >= 15 is 0 Å². The van der Waals surface area contributed by atoms with E-state index in [9.17, 15) is 0 Å². The molecule has 2 aromatic carbocycles. The van der Waals surface area contributed by atoms with Gasteiger partial charge in [-0.3, -0.25) is 0 Å². The van der Waals surface area contributed by atoms with E-state index in [4.69, 9.17) is 0 Å². The molecule has 0 spiro atoms. The SMILES string of the molecule is C=Cn1c2ccccc2c2cc([Si](C)(C)C)ccc21. The summed E-state index contributed by atoms with van der Waals surface area (Å²) in [6.07, 6.45) is 1.90. The zero-order valence-corrected chi connectivity index (χ0v) is 12.8. The van der Waals surface area contributed by atoms with Crippen LogP contribution in [0.3, 0.4) is 0 Å². The van der Waals surface area contributed by atoms with Gasteiger partial charge in [0.05, 0.1) is 19.1 Å². The number of fused-ring (bicyclic) bond motifs is 3. The van der Waals surface area contributed by atoms with Crippen molar-refractivity contribution >= 4 is 41.3 Å². The molecule has 0 N–H and O–H groups in total. The molecular weight excluding hydrogens is 246 g/mol. The Balaban J connectivity index is 2.46. The second kappa shape index (κ2) is 4.10. The van der Waals surface area contributed by atoms with Crippen LogP contribution in [0, 0.1) is 0 Å². The minimum Gasteiger partial charge on any atom is -0.317 e. The van der Waals surface area contributed by atoms with Gasteiger partial charge in [0.25, 0.3) is 0 Å². The molecule has 0 amide bonds. The van der Waals surface area contributed by atoms with E-state index in [0.717, 1.165) is 0 Å². The van der Waals surface area contributed by atoms with Crippen LogP contribution in [-0.2, 0) is 0 Å². The van der Waals surface area contributed by atoms with E-state index in [1.54, 1.807) is 0 Å². The minimum atomic E-state index is -1.27. The van der Waals surface area contributed by atoms with Crippen molar-refractivity contribution in [3.63, 3.8) is 0 Å². The first kappa shape index (κ1) is 12.2. The van der Waals surface area contributed by atoms with Crippen LogP contribution in [0.25, 0.3) is 28.0 Å². The fourth-order valence-corrected chi connectivity index (χ4v) is 3.83. The third-order valence-corrected chi connectivity index (χ3v) is 5.80. The lowest BCUT2D eigenvalue weighted by atomic mass is 10.1. The first-order chi connectivity index (χ1) is 9.02. The number of para-hydroxylation sites is 1. The third kappa shape index (κ3) is 1.83. The topological polar surface area (TPSA) is 4.93 Å². The van der Waals surface area contributed by atoms with Crippen molar-refractivity contribution in [3.8, 4) is 0 Å². The average Bonchev–Trinajstić information content (AvgIpc) is 2.70. The lowest BCUT2D eigenvalue weighted by Crippen LogP contribution is -2.37. The summed E-state index contributed by atoms with van der Waals surface area (Å²) < 4.78 is 2.18. The minimum absolute atomic E-state index is 1.24. The van der Waals surface area contributed by atoms with E-state index in [-0.39, 0.29) is 0 Å². The molecule has 0 saturated heterocycles. The molecule has 0 radical (unpaired) electrons. The maximum absolute atomic E-state index is 3.95. The predicted molar refractivity (Wildman–Crippen MR) is 88.8 cm³/mol. The van der Waals surface area contributed by atoms with Crippen molar-refractivity contribution in [1.82, 2.24) is 4.57 Å². The second-order valence-corrected chi connectivity index (χ2v) is 11.1. The molecule has 0 aliphatic carbocycles. The summed E-state index contributed by atoms with van der Waals surface area (Å²) in [5.41, 5.74) is 2.48. The zero-order chi connectivity index (χ0) is 13.6. The Hall–Kier alpha value is -1.80. The highest BCUT2D eigenvalue weighted by Crippen LogP contribution is 2.28. The fourth-order valence-electron chi connectivity index (χ4n) is 2.67. The molecule has 2 heteroatoms. The molecule has 0 atom stereocenters. The monoisotopic (exact) mass is 265 g/mol. The molecule has 1 aromatic heterocycles. The molecule has 1 heterocycles. The lowest BCUT2D eigenvalue weighted by Gasteiger charge is -2.16. The lowest BCUT2D eigenvalue weighted by molar-refractivity contribution is 1.30. The molecule has 0 bridgehead atoms. The van der Waals surface area contributed by atoms with Gasteiger partial charge in [0.1, 0.15) is 0 Å². The predicted octanol–water partition coefficient (Wildman–Crippen LogP) is 4.44. The zero-order valence-electron chi connectivity index (χ0n) is 11.8. The highest BCUT2D eigenvalue weighted by molar-refractivity contribution is 6.88. The Morgan fingerprint density at radius 3 is 2.32 bits per heavy atom. The van der Waals surface area contributed by atoms with Crippen molar-refractivity contribution < 1.29 is 0 Å². The Morgan fingerprint density at radius 2 is 1.63 bits per heavy atom. The number of rotatable bonds is 2. The van der Waals surface area contributed by atoms with Crippen LogP contribution < -0.4 is 5.19 Å². The van der Waals surface area contributed by atoms with Gasteiger partial charge in [0, 0.05) is 17.0 Å². The number of hydrogen-bond acceptors (Lipinski definition) is 0. The van der Waals surface area contributed by atoms with E-state index in [1.807, 2.05) is 6.20 Å². The van der Waals surface area contributed by atoms with Gasteiger partial charge in [0.15, 0.2) is 0 Å². The van der Waals surface area contributed by atoms with Gasteiger partial charge in [-0.2, -0.15) is 0 Å². The number of hydrogen-bond donors (Lipinski definition) is 0. The standard InChI is InChI=1S/C17H19NSi/c1-5-18-16-9-7-6-8-14(16)15-12-13(19(2,3)4)10-11-17(15)18/h5-12H,1H2,2-4H3. The summed E-state index contributed by atoms with van der Waals surface area (Å²) in [6, 6.07) is 15.5. The normalized spacial score (nSPS) is 12.2. The van der Waals surface area contributed by atoms with Crippen molar-refractivity contribution in [2.24, 2.45) is 0 Å². The Labute approximate surface area is 115 Å². The van der Waals surface area contributed by atoms with Crippen LogP contribution in [0.2, 0.25) is 19.6 Å². The van der Waals surface area contributed by atoms with Crippen LogP contribution in [0.15, 0.2) is 49.0 Å². The van der Waals surface area contributed by atoms with Crippen molar-refractivity contribution in [3.05, 3.63) is 49.0 Å². The molecule has 0 saturated carbocycles. The highest BCUT2D eigenvalue weighted by Gasteiger charge is 2.18. The second-order valence-electron chi connectivity index (χ2n) is 6.05. The Kier molecular flexibility index (Phi) is 2.64. The molecule has 19 heavy (non-hydrogen) atoms. The molecule has 3 aromatic rings. The molecule has 96 valence electrons. The number of aromatic nitrogens is 1. The average molecular weight is 265 g/mol. The van der Waals surface area contributed by atoms with Crippen LogP contribution in [0.1, 0.15) is 0 Å². The highest BCUT2D eigenvalue weighted by atomic mass is 28.3. The smallest absolute Gasteiger partial charge is 0.0776 e. The summed E-state index contributed by atoms with van der Waals surface area (Å²) >= 11 is 0. The molecule has 0 aliphatic rings. The maximum atomic E-state index is 3.95. The van der Waals surface area contributed by atoms with Gasteiger partial charge in [-0.25, -0.2) is 0 Å². The summed E-state index contributed by atoms with van der Waals surface area (Å²) in [5, 5.41) is 4.17. The number of benzene rings is 2. The fraction of sp³-hybridized carbons (Fsp3) is 0.176. The van der Waals surface area contributed by atoms with Gasteiger partial charge < -0.3 is 4.57 Å². The molecule has 0 unspecified atom stereocenters. The molecule has 3 rings (SSSR count). The van der Waals surface area contributed by atoms with Crippen LogP contribution >= 0.6 is 0 Å².